The van der Waals surface area contributed by atoms with E-state index in [0.717, 1.165) is 18.1 Å². The number of hydrogen-bond acceptors (Lipinski definition) is 1. The molecule has 1 saturated heterocycles. The largest absolute Gasteiger partial charge is 0.316 e. The van der Waals surface area contributed by atoms with Crippen molar-refractivity contribution in [2.75, 3.05) is 13.1 Å². The second kappa shape index (κ2) is 3.92. The molecule has 1 heterocycles. The van der Waals surface area contributed by atoms with Crippen LogP contribution in [-0.2, 0) is 0 Å². The summed E-state index contributed by atoms with van der Waals surface area (Å²) in [6.07, 6.45) is 1.21. The van der Waals surface area contributed by atoms with E-state index in [1.807, 2.05) is 6.07 Å². The molecule has 0 aliphatic carbocycles. The Labute approximate surface area is 90.5 Å². The van der Waals surface area contributed by atoms with Gasteiger partial charge in [0.25, 0.3) is 0 Å². The summed E-state index contributed by atoms with van der Waals surface area (Å²) in [4.78, 5) is 0. The molecule has 2 rings (SSSR count). The topological polar surface area (TPSA) is 12.0 Å². The van der Waals surface area contributed by atoms with Gasteiger partial charge in [0, 0.05) is 11.6 Å². The number of nitrogens with one attached hydrogen (secondary N) is 1. The van der Waals surface area contributed by atoms with Gasteiger partial charge in [-0.1, -0.05) is 17.7 Å². The van der Waals surface area contributed by atoms with E-state index in [1.54, 1.807) is 0 Å². The Balaban J connectivity index is 2.44. The molecule has 76 valence electrons. The summed E-state index contributed by atoms with van der Waals surface area (Å²) < 4.78 is 0. The van der Waals surface area contributed by atoms with Gasteiger partial charge in [-0.3, -0.25) is 0 Å². The fourth-order valence-corrected chi connectivity index (χ4v) is 2.57. The van der Waals surface area contributed by atoms with Gasteiger partial charge in [-0.15, -0.1) is 0 Å². The van der Waals surface area contributed by atoms with Crippen LogP contribution in [0.3, 0.4) is 0 Å². The molecule has 1 unspecified atom stereocenters. The van der Waals surface area contributed by atoms with Gasteiger partial charge in [-0.25, -0.2) is 0 Å². The monoisotopic (exact) mass is 209 g/mol. The van der Waals surface area contributed by atoms with Crippen molar-refractivity contribution < 1.29 is 0 Å². The number of hydrogen-bond donors (Lipinski definition) is 1. The van der Waals surface area contributed by atoms with Crippen molar-refractivity contribution in [1.82, 2.24) is 5.32 Å². The Morgan fingerprint density at radius 1 is 1.36 bits per heavy atom. The zero-order valence-electron chi connectivity index (χ0n) is 8.73. The van der Waals surface area contributed by atoms with Crippen LogP contribution < -0.4 is 5.32 Å². The Bertz CT molecular complexity index is 340. The van der Waals surface area contributed by atoms with Gasteiger partial charge < -0.3 is 5.32 Å². The first kappa shape index (κ1) is 10.0. The Morgan fingerprint density at radius 2 is 2.14 bits per heavy atom. The zero-order chi connectivity index (χ0) is 10.1. The van der Waals surface area contributed by atoms with Crippen molar-refractivity contribution in [3.05, 3.63) is 33.8 Å². The third-order valence-electron chi connectivity index (χ3n) is 3.20. The lowest BCUT2D eigenvalue weighted by Gasteiger charge is -2.16. The summed E-state index contributed by atoms with van der Waals surface area (Å²) in [5, 5.41) is 4.32. The van der Waals surface area contributed by atoms with Crippen LogP contribution in [-0.4, -0.2) is 13.1 Å². The highest BCUT2D eigenvalue weighted by molar-refractivity contribution is 6.31. The van der Waals surface area contributed by atoms with Crippen molar-refractivity contribution >= 4 is 11.6 Å². The Kier molecular flexibility index (Phi) is 2.80. The molecule has 2 heteroatoms. The smallest absolute Gasteiger partial charge is 0.0444 e. The van der Waals surface area contributed by atoms with Crippen molar-refractivity contribution in [2.24, 2.45) is 0 Å². The molecule has 1 aliphatic rings. The van der Waals surface area contributed by atoms with Gasteiger partial charge in [-0.2, -0.15) is 0 Å². The van der Waals surface area contributed by atoms with Crippen LogP contribution in [0.4, 0.5) is 0 Å². The van der Waals surface area contributed by atoms with Crippen LogP contribution >= 0.6 is 11.6 Å². The average Bonchev–Trinajstić information content (AvgIpc) is 2.65. The molecule has 0 spiro atoms. The van der Waals surface area contributed by atoms with E-state index in [9.17, 15) is 0 Å². The first-order chi connectivity index (χ1) is 6.70. The lowest BCUT2D eigenvalue weighted by Crippen LogP contribution is -2.09. The maximum absolute atomic E-state index is 6.25. The molecule has 14 heavy (non-hydrogen) atoms. The molecular weight excluding hydrogens is 194 g/mol. The number of rotatable bonds is 1. The van der Waals surface area contributed by atoms with Crippen molar-refractivity contribution in [3.8, 4) is 0 Å². The molecule has 0 aromatic heterocycles. The molecule has 1 aliphatic heterocycles. The van der Waals surface area contributed by atoms with Crippen molar-refractivity contribution in [1.29, 1.82) is 0 Å². The summed E-state index contributed by atoms with van der Waals surface area (Å²) >= 11 is 6.25. The van der Waals surface area contributed by atoms with Gasteiger partial charge in [0.05, 0.1) is 0 Å². The van der Waals surface area contributed by atoms with Crippen LogP contribution in [0, 0.1) is 13.8 Å². The maximum Gasteiger partial charge on any atom is 0.0444 e. The molecule has 0 radical (unpaired) electrons. The molecule has 1 aromatic rings. The molecule has 1 fully saturated rings. The van der Waals surface area contributed by atoms with Crippen molar-refractivity contribution in [2.45, 2.75) is 26.2 Å². The minimum atomic E-state index is 0.613. The van der Waals surface area contributed by atoms with E-state index in [1.165, 1.54) is 23.1 Å². The summed E-state index contributed by atoms with van der Waals surface area (Å²) in [6.45, 7) is 6.52. The quantitative estimate of drug-likeness (QED) is 0.750. The van der Waals surface area contributed by atoms with Crippen LogP contribution in [0.5, 0.6) is 0 Å². The minimum Gasteiger partial charge on any atom is -0.316 e. The van der Waals surface area contributed by atoms with Crippen molar-refractivity contribution in [3.63, 3.8) is 0 Å². The van der Waals surface area contributed by atoms with E-state index >= 15 is 0 Å². The van der Waals surface area contributed by atoms with E-state index in [-0.39, 0.29) is 0 Å². The van der Waals surface area contributed by atoms with Crippen LogP contribution in [0.15, 0.2) is 12.1 Å². The second-order valence-corrected chi connectivity index (χ2v) is 4.50. The number of benzene rings is 1. The summed E-state index contributed by atoms with van der Waals surface area (Å²) in [7, 11) is 0. The molecule has 1 nitrogen and oxygen atoms in total. The van der Waals surface area contributed by atoms with E-state index in [0.29, 0.717) is 5.92 Å². The predicted octanol–water partition coefficient (Wildman–Crippen LogP) is 3.03. The minimum absolute atomic E-state index is 0.613. The van der Waals surface area contributed by atoms with Gasteiger partial charge in [0.2, 0.25) is 0 Å². The van der Waals surface area contributed by atoms with E-state index in [4.69, 9.17) is 11.6 Å². The Hall–Kier alpha value is -0.530. The maximum atomic E-state index is 6.25. The Morgan fingerprint density at radius 3 is 2.79 bits per heavy atom. The normalized spacial score (nSPS) is 21.5. The van der Waals surface area contributed by atoms with Gasteiger partial charge in [-0.05, 0) is 55.5 Å². The zero-order valence-corrected chi connectivity index (χ0v) is 9.49. The highest BCUT2D eigenvalue weighted by Crippen LogP contribution is 2.33. The van der Waals surface area contributed by atoms with Crippen LogP contribution in [0.1, 0.15) is 29.0 Å². The first-order valence-corrected chi connectivity index (χ1v) is 5.54. The van der Waals surface area contributed by atoms with Gasteiger partial charge >= 0.3 is 0 Å². The lowest BCUT2D eigenvalue weighted by atomic mass is 9.91. The molecule has 1 aromatic carbocycles. The fourth-order valence-electron chi connectivity index (χ4n) is 2.21. The number of aryl methyl sites for hydroxylation is 1. The molecule has 1 N–H and O–H groups in total. The highest BCUT2D eigenvalue weighted by atomic mass is 35.5. The summed E-state index contributed by atoms with van der Waals surface area (Å²) in [6, 6.07) is 4.13. The lowest BCUT2D eigenvalue weighted by molar-refractivity contribution is 0.756. The van der Waals surface area contributed by atoms with E-state index in [2.05, 4.69) is 25.2 Å². The highest BCUT2D eigenvalue weighted by Gasteiger charge is 2.21. The molecule has 1 atom stereocenters. The summed E-state index contributed by atoms with van der Waals surface area (Å²) in [5.74, 6) is 0.613. The standard InChI is InChI=1S/C12H16ClN/c1-8-3-4-11(13)12(9(8)2)10-5-6-14-7-10/h3-4,10,14H,5-7H2,1-2H3. The second-order valence-electron chi connectivity index (χ2n) is 4.09. The molecule has 0 amide bonds. The summed E-state index contributed by atoms with van der Waals surface area (Å²) in [5.41, 5.74) is 4.07. The van der Waals surface area contributed by atoms with E-state index < -0.39 is 0 Å². The molecular formula is C12H16ClN. The third-order valence-corrected chi connectivity index (χ3v) is 3.53. The van der Waals surface area contributed by atoms with Crippen LogP contribution in [0.25, 0.3) is 0 Å². The fraction of sp³-hybridized carbons (Fsp3) is 0.500. The average molecular weight is 210 g/mol. The molecule has 0 saturated carbocycles. The van der Waals surface area contributed by atoms with Gasteiger partial charge in [0.15, 0.2) is 0 Å². The third kappa shape index (κ3) is 1.67. The SMILES string of the molecule is Cc1ccc(Cl)c(C2CCNC2)c1C. The van der Waals surface area contributed by atoms with Crippen LogP contribution in [0.2, 0.25) is 5.02 Å². The first-order valence-electron chi connectivity index (χ1n) is 5.16. The molecule has 0 bridgehead atoms. The predicted molar refractivity (Wildman–Crippen MR) is 61.2 cm³/mol. The number of halogens is 1. The van der Waals surface area contributed by atoms with Gasteiger partial charge in [0.1, 0.15) is 0 Å².